The van der Waals surface area contributed by atoms with Gasteiger partial charge in [-0.05, 0) is 12.5 Å². The Morgan fingerprint density at radius 1 is 1.23 bits per heavy atom. The molecule has 0 fully saturated rings. The first kappa shape index (κ1) is 14.4. The summed E-state index contributed by atoms with van der Waals surface area (Å²) in [5.74, 6) is -0.426. The van der Waals surface area contributed by atoms with Gasteiger partial charge in [-0.3, -0.25) is 0 Å². The van der Waals surface area contributed by atoms with Gasteiger partial charge in [-0.25, -0.2) is 8.78 Å². The van der Waals surface area contributed by atoms with E-state index in [0.717, 1.165) is 0 Å². The number of aryl methyl sites for hydroxylation is 1. The smallest absolute Gasteiger partial charge is 0.131 e. The molecule has 0 aliphatic carbocycles. The average molecular weight is 199 g/mol. The summed E-state index contributed by atoms with van der Waals surface area (Å²) in [6.45, 7) is 0.891. The van der Waals surface area contributed by atoms with Gasteiger partial charge in [-0.2, -0.15) is 0 Å². The lowest BCUT2D eigenvalue weighted by molar-refractivity contribution is -0.00000412. The van der Waals surface area contributed by atoms with Gasteiger partial charge in [0.15, 0.2) is 0 Å². The van der Waals surface area contributed by atoms with Crippen molar-refractivity contribution >= 4 is 0 Å². The molecule has 1 aromatic rings. The van der Waals surface area contributed by atoms with Crippen LogP contribution in [0, 0.1) is 12.7 Å². The van der Waals surface area contributed by atoms with Gasteiger partial charge in [-0.15, -0.1) is 0 Å². The zero-order chi connectivity index (χ0) is 9.56. The Bertz CT molecular complexity index is 236. The molecule has 0 unspecified atom stereocenters. The minimum absolute atomic E-state index is 0. The highest BCUT2D eigenvalue weighted by Crippen LogP contribution is 2.12. The summed E-state index contributed by atoms with van der Waals surface area (Å²) in [7, 11) is 0. The average Bonchev–Trinajstić information content (AvgIpc) is 2.13. The first-order valence-electron chi connectivity index (χ1n) is 3.20. The summed E-state index contributed by atoms with van der Waals surface area (Å²) in [5.41, 5.74) is 0.634. The van der Waals surface area contributed by atoms with Crippen LogP contribution >= 0.6 is 0 Å². The third-order valence-electron chi connectivity index (χ3n) is 1.42. The summed E-state index contributed by atoms with van der Waals surface area (Å²) in [6.07, 6.45) is 0. The summed E-state index contributed by atoms with van der Waals surface area (Å²) < 4.78 is 40.7. The lowest BCUT2D eigenvalue weighted by Crippen LogP contribution is -3.00. The molecule has 0 spiro atoms. The van der Waals surface area contributed by atoms with Crippen LogP contribution in [0.4, 0.5) is 17.9 Å². The fraction of sp³-hybridized carbons (Fsp3) is 0.250. The number of hydrogen-bond acceptors (Lipinski definition) is 0. The second-order valence-corrected chi connectivity index (χ2v) is 2.18. The van der Waals surface area contributed by atoms with Gasteiger partial charge < -0.3 is 4.70 Å². The highest BCUT2D eigenvalue weighted by Gasteiger charge is 2.01. The molecular formula is C8H8F5-. The second-order valence-electron chi connectivity index (χ2n) is 2.18. The van der Waals surface area contributed by atoms with Crippen LogP contribution in [-0.4, -0.2) is 0 Å². The molecule has 5 heteroatoms. The highest BCUT2D eigenvalue weighted by atomic mass is 20.0. The SMILES string of the molecule is Cc1cccc(CF)c1F.FF.[F-]. The molecule has 1 rings (SSSR count). The Hall–Kier alpha value is -1.13. The maximum Gasteiger partial charge on any atom is 0.131 e. The molecule has 13 heavy (non-hydrogen) atoms. The summed E-state index contributed by atoms with van der Waals surface area (Å²) in [6, 6.07) is 4.71. The van der Waals surface area contributed by atoms with Gasteiger partial charge in [0.2, 0.25) is 0 Å². The molecule has 0 radical (unpaired) electrons. The maximum atomic E-state index is 12.8. The molecule has 0 heterocycles. The Morgan fingerprint density at radius 2 is 1.77 bits per heavy atom. The van der Waals surface area contributed by atoms with Gasteiger partial charge in [0.1, 0.15) is 12.5 Å². The van der Waals surface area contributed by atoms with Crippen LogP contribution in [0.2, 0.25) is 0 Å². The van der Waals surface area contributed by atoms with E-state index in [2.05, 4.69) is 0 Å². The van der Waals surface area contributed by atoms with Gasteiger partial charge in [0.25, 0.3) is 0 Å². The van der Waals surface area contributed by atoms with E-state index in [4.69, 9.17) is 9.15 Å². The van der Waals surface area contributed by atoms with Crippen molar-refractivity contribution in [1.82, 2.24) is 0 Å². The van der Waals surface area contributed by atoms with Crippen LogP contribution in [0.5, 0.6) is 0 Å². The van der Waals surface area contributed by atoms with Crippen molar-refractivity contribution in [2.45, 2.75) is 13.6 Å². The van der Waals surface area contributed by atoms with Crippen molar-refractivity contribution in [3.63, 3.8) is 0 Å². The van der Waals surface area contributed by atoms with E-state index < -0.39 is 12.5 Å². The number of benzene rings is 1. The van der Waals surface area contributed by atoms with Crippen molar-refractivity contribution in [3.05, 3.63) is 35.1 Å². The lowest BCUT2D eigenvalue weighted by Gasteiger charge is -1.98. The Morgan fingerprint density at radius 3 is 2.15 bits per heavy atom. The number of hydrogen-bond donors (Lipinski definition) is 0. The summed E-state index contributed by atoms with van der Waals surface area (Å²) >= 11 is 0. The minimum Gasteiger partial charge on any atom is -1.00 e. The van der Waals surface area contributed by atoms with Gasteiger partial charge in [-0.1, -0.05) is 18.2 Å². The maximum absolute atomic E-state index is 12.8. The van der Waals surface area contributed by atoms with Crippen molar-refractivity contribution in [2.75, 3.05) is 0 Å². The highest BCUT2D eigenvalue weighted by molar-refractivity contribution is 5.23. The minimum atomic E-state index is -0.729. The number of halogens is 5. The molecule has 0 aromatic heterocycles. The predicted molar refractivity (Wildman–Crippen MR) is 38.2 cm³/mol. The quantitative estimate of drug-likeness (QED) is 0.576. The van der Waals surface area contributed by atoms with E-state index >= 15 is 0 Å². The van der Waals surface area contributed by atoms with Crippen LogP contribution in [0.3, 0.4) is 0 Å². The molecule has 0 aliphatic rings. The Balaban J connectivity index is 0. The van der Waals surface area contributed by atoms with E-state index in [1.165, 1.54) is 6.07 Å². The molecule has 0 amide bonds. The van der Waals surface area contributed by atoms with E-state index in [9.17, 15) is 8.78 Å². The third kappa shape index (κ3) is 3.87. The molecule has 0 saturated heterocycles. The number of alkyl halides is 1. The normalized spacial score (nSPS) is 8.08. The van der Waals surface area contributed by atoms with E-state index in [1.54, 1.807) is 19.1 Å². The van der Waals surface area contributed by atoms with E-state index in [1.807, 2.05) is 0 Å². The van der Waals surface area contributed by atoms with Gasteiger partial charge in [0.05, 0.1) is 0 Å². The molecule has 1 aromatic carbocycles. The zero-order valence-corrected chi connectivity index (χ0v) is 6.83. The first-order valence-corrected chi connectivity index (χ1v) is 3.20. The van der Waals surface area contributed by atoms with Crippen molar-refractivity contribution in [1.29, 1.82) is 0 Å². The number of rotatable bonds is 1. The van der Waals surface area contributed by atoms with Crippen LogP contribution in [0.1, 0.15) is 11.1 Å². The summed E-state index contributed by atoms with van der Waals surface area (Å²) in [4.78, 5) is 0. The standard InChI is InChI=1S/C8H8F2.F2.FH/c1-6-3-2-4-7(5-9)8(6)10;1-2;/h2-4H,5H2,1H3;;1H/p-1. The predicted octanol–water partition coefficient (Wildman–Crippen LogP) is 0.448. The second kappa shape index (κ2) is 7.52. The fourth-order valence-corrected chi connectivity index (χ4v) is 0.811. The largest absolute Gasteiger partial charge is 1.00 e. The summed E-state index contributed by atoms with van der Waals surface area (Å²) in [5, 5.41) is 0. The van der Waals surface area contributed by atoms with Gasteiger partial charge in [0, 0.05) is 14.7 Å². The third-order valence-corrected chi connectivity index (χ3v) is 1.42. The van der Waals surface area contributed by atoms with Crippen molar-refractivity contribution in [2.24, 2.45) is 0 Å². The van der Waals surface area contributed by atoms with Crippen molar-refractivity contribution < 1.29 is 22.6 Å². The molecular weight excluding hydrogens is 191 g/mol. The first-order chi connectivity index (χ1) is 5.75. The van der Waals surface area contributed by atoms with Gasteiger partial charge >= 0.3 is 0 Å². The Labute approximate surface area is 72.4 Å². The van der Waals surface area contributed by atoms with Crippen molar-refractivity contribution in [3.8, 4) is 0 Å². The monoisotopic (exact) mass is 199 g/mol. The lowest BCUT2D eigenvalue weighted by atomic mass is 10.1. The molecule has 76 valence electrons. The zero-order valence-electron chi connectivity index (χ0n) is 6.83. The van der Waals surface area contributed by atoms with Crippen LogP contribution in [-0.2, 0) is 6.67 Å². The van der Waals surface area contributed by atoms with Crippen LogP contribution in [0.25, 0.3) is 0 Å². The van der Waals surface area contributed by atoms with E-state index in [-0.39, 0.29) is 10.3 Å². The fourth-order valence-electron chi connectivity index (χ4n) is 0.811. The molecule has 0 bridgehead atoms. The molecule has 0 aliphatic heterocycles. The van der Waals surface area contributed by atoms with Crippen LogP contribution < -0.4 is 4.70 Å². The Kier molecular flexibility index (Phi) is 8.32. The molecule has 0 N–H and O–H groups in total. The topological polar surface area (TPSA) is 0 Å². The van der Waals surface area contributed by atoms with E-state index in [0.29, 0.717) is 5.56 Å². The molecule has 0 saturated carbocycles. The molecule has 0 nitrogen and oxygen atoms in total. The molecule has 0 atom stereocenters. The van der Waals surface area contributed by atoms with Crippen LogP contribution in [0.15, 0.2) is 18.2 Å².